The van der Waals surface area contributed by atoms with Gasteiger partial charge in [0.05, 0.1) is 11.4 Å². The van der Waals surface area contributed by atoms with Crippen LogP contribution in [0.1, 0.15) is 12.5 Å². The third-order valence-electron chi connectivity index (χ3n) is 4.36. The van der Waals surface area contributed by atoms with Gasteiger partial charge in [0, 0.05) is 11.8 Å². The first-order valence-electron chi connectivity index (χ1n) is 8.74. The van der Waals surface area contributed by atoms with Crippen LogP contribution in [0.25, 0.3) is 5.70 Å². The van der Waals surface area contributed by atoms with Gasteiger partial charge in [-0.05, 0) is 24.6 Å². The van der Waals surface area contributed by atoms with Crippen molar-refractivity contribution in [2.45, 2.75) is 13.2 Å². The molecule has 1 aliphatic rings. The molecule has 0 spiro atoms. The number of oxime groups is 1. The molecule has 2 atom stereocenters. The fraction of sp³-hybridized carbons (Fsp3) is 0.182. The van der Waals surface area contributed by atoms with Crippen molar-refractivity contribution in [3.8, 4) is 0 Å². The van der Waals surface area contributed by atoms with Crippen molar-refractivity contribution in [1.82, 2.24) is 0 Å². The predicted molar refractivity (Wildman–Crippen MR) is 107 cm³/mol. The van der Waals surface area contributed by atoms with Gasteiger partial charge < -0.3 is 14.8 Å². The minimum Gasteiger partial charge on any atom is -0.392 e. The number of aliphatic hydroxyl groups excluding tert-OH is 1. The van der Waals surface area contributed by atoms with E-state index in [0.717, 1.165) is 11.3 Å². The topological polar surface area (TPSA) is 62.1 Å². The average Bonchev–Trinajstić information content (AvgIpc) is 2.69. The number of hydrogen-bond acceptors (Lipinski definition) is 5. The number of para-hydroxylation sites is 1. The number of hydrogen-bond donors (Lipinski definition) is 1. The minimum atomic E-state index is -1.10. The number of carbonyl (C=O) groups is 1. The normalized spacial score (nSPS) is 20.2. The van der Waals surface area contributed by atoms with Gasteiger partial charge in [0.25, 0.3) is 0 Å². The highest BCUT2D eigenvalue weighted by Crippen LogP contribution is 2.34. The van der Waals surface area contributed by atoms with E-state index in [1.165, 1.54) is 0 Å². The maximum absolute atomic E-state index is 12.8. The molecular weight excluding hydrogens is 340 g/mol. The standard InChI is InChI=1S/C22H22N2O3/c1-3-14-27-23-16(2)21-20(25)15-19(17-10-6-4-7-11-17)24(22(21)26)18-12-8-5-9-13-18/h3-13,15,21-22,26H,1,14H2,2H3/b23-16+. The van der Waals surface area contributed by atoms with Crippen molar-refractivity contribution < 1.29 is 14.7 Å². The first-order valence-corrected chi connectivity index (χ1v) is 8.74. The second-order valence-electron chi connectivity index (χ2n) is 6.21. The van der Waals surface area contributed by atoms with Gasteiger partial charge in [-0.15, -0.1) is 0 Å². The fourth-order valence-corrected chi connectivity index (χ4v) is 3.11. The van der Waals surface area contributed by atoms with E-state index >= 15 is 0 Å². The number of nitrogens with zero attached hydrogens (tertiary/aromatic N) is 2. The molecule has 5 heteroatoms. The van der Waals surface area contributed by atoms with Gasteiger partial charge in [0.15, 0.2) is 5.78 Å². The summed E-state index contributed by atoms with van der Waals surface area (Å²) in [6, 6.07) is 19.0. The zero-order valence-corrected chi connectivity index (χ0v) is 15.2. The number of carbonyl (C=O) groups excluding carboxylic acids is 1. The quantitative estimate of drug-likeness (QED) is 0.369. The van der Waals surface area contributed by atoms with Gasteiger partial charge in [-0.2, -0.15) is 0 Å². The molecule has 138 valence electrons. The molecule has 5 nitrogen and oxygen atoms in total. The summed E-state index contributed by atoms with van der Waals surface area (Å²) < 4.78 is 0. The molecule has 0 aliphatic carbocycles. The molecule has 1 aliphatic heterocycles. The molecule has 2 aromatic rings. The summed E-state index contributed by atoms with van der Waals surface area (Å²) in [5.41, 5.74) is 2.70. The molecule has 2 aromatic carbocycles. The molecule has 0 aromatic heterocycles. The Morgan fingerprint density at radius 1 is 1.19 bits per heavy atom. The second kappa shape index (κ2) is 8.47. The number of ketones is 1. The SMILES string of the molecule is C=CCO/N=C(\C)C1C(=O)C=C(c2ccccc2)N(c2ccccc2)C1O. The number of aliphatic hydroxyl groups is 1. The van der Waals surface area contributed by atoms with Crippen molar-refractivity contribution in [3.05, 3.63) is 85.0 Å². The fourth-order valence-electron chi connectivity index (χ4n) is 3.11. The molecule has 1 heterocycles. The van der Waals surface area contributed by atoms with Crippen LogP contribution in [0.5, 0.6) is 0 Å². The summed E-state index contributed by atoms with van der Waals surface area (Å²) in [5, 5.41) is 15.1. The Hall–Kier alpha value is -3.18. The zero-order chi connectivity index (χ0) is 19.2. The highest BCUT2D eigenvalue weighted by atomic mass is 16.6. The molecule has 3 rings (SSSR count). The molecule has 0 fully saturated rings. The van der Waals surface area contributed by atoms with Crippen molar-refractivity contribution in [2.75, 3.05) is 11.5 Å². The van der Waals surface area contributed by atoms with Gasteiger partial charge >= 0.3 is 0 Å². The Balaban J connectivity index is 2.06. The van der Waals surface area contributed by atoms with E-state index in [1.807, 2.05) is 60.7 Å². The first kappa shape index (κ1) is 18.6. The van der Waals surface area contributed by atoms with E-state index in [2.05, 4.69) is 11.7 Å². The number of rotatable bonds is 6. The molecular formula is C22H22N2O3. The lowest BCUT2D eigenvalue weighted by molar-refractivity contribution is -0.119. The maximum atomic E-state index is 12.8. The van der Waals surface area contributed by atoms with E-state index in [9.17, 15) is 9.90 Å². The van der Waals surface area contributed by atoms with Gasteiger partial charge in [-0.3, -0.25) is 4.79 Å². The van der Waals surface area contributed by atoms with Gasteiger partial charge in [-0.1, -0.05) is 66.3 Å². The largest absolute Gasteiger partial charge is 0.392 e. The molecule has 0 saturated heterocycles. The molecule has 0 radical (unpaired) electrons. The monoisotopic (exact) mass is 362 g/mol. The molecule has 0 amide bonds. The van der Waals surface area contributed by atoms with E-state index in [1.54, 1.807) is 24.0 Å². The van der Waals surface area contributed by atoms with Crippen molar-refractivity contribution >= 4 is 22.9 Å². The highest BCUT2D eigenvalue weighted by Gasteiger charge is 2.39. The molecule has 0 saturated carbocycles. The lowest BCUT2D eigenvalue weighted by Gasteiger charge is -2.39. The summed E-state index contributed by atoms with van der Waals surface area (Å²) in [7, 11) is 0. The second-order valence-corrected chi connectivity index (χ2v) is 6.21. The Morgan fingerprint density at radius 3 is 2.44 bits per heavy atom. The van der Waals surface area contributed by atoms with E-state index in [0.29, 0.717) is 11.4 Å². The third-order valence-corrected chi connectivity index (χ3v) is 4.36. The molecule has 1 N–H and O–H groups in total. The minimum absolute atomic E-state index is 0.211. The van der Waals surface area contributed by atoms with Crippen LogP contribution < -0.4 is 4.90 Å². The molecule has 0 bridgehead atoms. The van der Waals surface area contributed by atoms with Crippen LogP contribution in [0.2, 0.25) is 0 Å². The summed E-state index contributed by atoms with van der Waals surface area (Å²) >= 11 is 0. The number of benzene rings is 2. The van der Waals surface area contributed by atoms with Crippen LogP contribution in [-0.2, 0) is 9.63 Å². The Bertz CT molecular complexity index is 860. The summed E-state index contributed by atoms with van der Waals surface area (Å²) in [5.74, 6) is -1.03. The lowest BCUT2D eigenvalue weighted by Crippen LogP contribution is -2.49. The van der Waals surface area contributed by atoms with E-state index < -0.39 is 12.1 Å². The Kier molecular flexibility index (Phi) is 5.84. The zero-order valence-electron chi connectivity index (χ0n) is 15.2. The Labute approximate surface area is 158 Å². The third kappa shape index (κ3) is 3.99. The maximum Gasteiger partial charge on any atom is 0.171 e. The highest BCUT2D eigenvalue weighted by molar-refractivity contribution is 6.14. The van der Waals surface area contributed by atoms with E-state index in [-0.39, 0.29) is 12.4 Å². The van der Waals surface area contributed by atoms with Crippen molar-refractivity contribution in [2.24, 2.45) is 11.1 Å². The number of allylic oxidation sites excluding steroid dienone is 1. The van der Waals surface area contributed by atoms with Crippen LogP contribution >= 0.6 is 0 Å². The molecule has 2 unspecified atom stereocenters. The van der Waals surface area contributed by atoms with Crippen LogP contribution in [-0.4, -0.2) is 29.4 Å². The first-order chi connectivity index (χ1) is 13.1. The summed E-state index contributed by atoms with van der Waals surface area (Å²) in [6.07, 6.45) is 2.03. The van der Waals surface area contributed by atoms with Crippen LogP contribution in [0.15, 0.2) is 84.6 Å². The van der Waals surface area contributed by atoms with Crippen molar-refractivity contribution in [1.29, 1.82) is 0 Å². The van der Waals surface area contributed by atoms with Crippen LogP contribution in [0, 0.1) is 5.92 Å². The van der Waals surface area contributed by atoms with Crippen LogP contribution in [0.3, 0.4) is 0 Å². The van der Waals surface area contributed by atoms with Gasteiger partial charge in [0.1, 0.15) is 18.8 Å². The van der Waals surface area contributed by atoms with Gasteiger partial charge in [0.2, 0.25) is 0 Å². The smallest absolute Gasteiger partial charge is 0.171 e. The summed E-state index contributed by atoms with van der Waals surface area (Å²) in [4.78, 5) is 19.7. The van der Waals surface area contributed by atoms with Gasteiger partial charge in [-0.25, -0.2) is 0 Å². The van der Waals surface area contributed by atoms with Crippen LogP contribution in [0.4, 0.5) is 5.69 Å². The van der Waals surface area contributed by atoms with E-state index in [4.69, 9.17) is 4.84 Å². The lowest BCUT2D eigenvalue weighted by atomic mass is 9.89. The Morgan fingerprint density at radius 2 is 1.81 bits per heavy atom. The molecule has 27 heavy (non-hydrogen) atoms. The average molecular weight is 362 g/mol. The summed E-state index contributed by atoms with van der Waals surface area (Å²) in [6.45, 7) is 5.48. The number of anilines is 1. The van der Waals surface area contributed by atoms with Crippen molar-refractivity contribution in [3.63, 3.8) is 0 Å². The predicted octanol–water partition coefficient (Wildman–Crippen LogP) is 3.63.